The fourth-order valence-corrected chi connectivity index (χ4v) is 9.99. The molecule has 1 atom stereocenters. The molecule has 3 nitrogen and oxygen atoms in total. The predicted octanol–water partition coefficient (Wildman–Crippen LogP) is 21.8. The summed E-state index contributed by atoms with van der Waals surface area (Å²) >= 11 is 0. The van der Waals surface area contributed by atoms with Gasteiger partial charge in [-0.2, -0.15) is 0 Å². The number of nitrogens with zero attached hydrogens (tertiary/aromatic N) is 3. The summed E-state index contributed by atoms with van der Waals surface area (Å²) in [7, 11) is 0. The molecule has 2 aliphatic carbocycles. The standard InChI is InChI=1S/C64H57N3.C8H12.C2H6/c1-3-4-19-58(36-27-49-26-28-50-15-11-13-17-54(50)46-49)66(59-34-24-48(2)25-35-59)61-39-31-53(32-40-61)52-29-37-60(38-30-52)65(56-20-7-5-8-21-56)62-42-44-63(45-43-62)67(57-22-9-6-10-23-57)64-41-33-51-16-12-14-18-55(51)47-64;1-4-6-8(3)7-5-2;1-2/h3-11,13-15,17-23,26-34,36-48H,12,16,24-25,35H2,1-2H3;4-7H,1H2,2-3H3;1-2H3/b4-3+,36-27-,58-19+;7-5-,8-6-;. The zero-order valence-electron chi connectivity index (χ0n) is 46.1. The molecule has 8 aromatic carbocycles. The molecule has 8 aromatic rings. The predicted molar refractivity (Wildman–Crippen MR) is 338 cm³/mol. The van der Waals surface area contributed by atoms with Crippen LogP contribution in [0.1, 0.15) is 83.9 Å². The molecule has 1 unspecified atom stereocenters. The van der Waals surface area contributed by atoms with Crippen molar-refractivity contribution in [2.75, 3.05) is 14.7 Å². The Hall–Kier alpha value is -8.66. The molecule has 0 fully saturated rings. The number of hydrogen-bond donors (Lipinski definition) is 0. The average Bonchev–Trinajstić information content (AvgIpc) is 3.49. The van der Waals surface area contributed by atoms with Crippen LogP contribution in [0, 0.1) is 5.92 Å². The maximum absolute atomic E-state index is 3.57. The second kappa shape index (κ2) is 27.8. The highest BCUT2D eigenvalue weighted by atomic mass is 15.2. The maximum atomic E-state index is 3.57. The van der Waals surface area contributed by atoms with E-state index in [2.05, 4.69) is 278 Å². The van der Waals surface area contributed by atoms with E-state index in [1.165, 1.54) is 56.3 Å². The fraction of sp³-hybridized carbons (Fsp3) is 0.162. The molecule has 77 heavy (non-hydrogen) atoms. The lowest BCUT2D eigenvalue weighted by Gasteiger charge is -2.32. The molecule has 0 radical (unpaired) electrons. The lowest BCUT2D eigenvalue weighted by Crippen LogP contribution is -2.23. The fourth-order valence-electron chi connectivity index (χ4n) is 9.99. The summed E-state index contributed by atoms with van der Waals surface area (Å²) in [5, 5.41) is 2.51. The van der Waals surface area contributed by atoms with Crippen LogP contribution < -0.4 is 14.7 Å². The van der Waals surface area contributed by atoms with Gasteiger partial charge in [0.15, 0.2) is 0 Å². The van der Waals surface area contributed by atoms with E-state index >= 15 is 0 Å². The minimum absolute atomic E-state index is 0.692. The molecule has 0 amide bonds. The minimum atomic E-state index is 0.692. The van der Waals surface area contributed by atoms with E-state index in [-0.39, 0.29) is 0 Å². The van der Waals surface area contributed by atoms with Crippen molar-refractivity contribution in [2.45, 2.75) is 73.6 Å². The molecule has 10 rings (SSSR count). The molecule has 386 valence electrons. The van der Waals surface area contributed by atoms with Gasteiger partial charge in [0.25, 0.3) is 0 Å². The number of hydrogen-bond acceptors (Lipinski definition) is 3. The molecular formula is C74H75N3. The Balaban J connectivity index is 0.000000720. The summed E-state index contributed by atoms with van der Waals surface area (Å²) in [6.45, 7) is 16.1. The zero-order chi connectivity index (χ0) is 53.8. The van der Waals surface area contributed by atoms with Gasteiger partial charge >= 0.3 is 0 Å². The van der Waals surface area contributed by atoms with Crippen molar-refractivity contribution in [1.29, 1.82) is 0 Å². The first-order chi connectivity index (χ1) is 37.9. The van der Waals surface area contributed by atoms with Gasteiger partial charge in [-0.1, -0.05) is 197 Å². The molecule has 2 aliphatic rings. The first-order valence-corrected chi connectivity index (χ1v) is 27.6. The van der Waals surface area contributed by atoms with Crippen molar-refractivity contribution in [3.8, 4) is 11.1 Å². The normalized spacial score (nSPS) is 14.3. The van der Waals surface area contributed by atoms with E-state index in [9.17, 15) is 0 Å². The number of allylic oxidation sites excluding steroid dienone is 12. The van der Waals surface area contributed by atoms with Crippen LogP contribution in [0.25, 0.3) is 34.1 Å². The van der Waals surface area contributed by atoms with Crippen LogP contribution in [-0.4, -0.2) is 0 Å². The van der Waals surface area contributed by atoms with Gasteiger partial charge in [-0.15, -0.1) is 0 Å². The van der Waals surface area contributed by atoms with Crippen LogP contribution in [0.4, 0.5) is 39.8 Å². The second-order valence-electron chi connectivity index (χ2n) is 19.4. The van der Waals surface area contributed by atoms with E-state index in [0.717, 1.165) is 71.2 Å². The third-order valence-corrected chi connectivity index (χ3v) is 13.9. The zero-order valence-corrected chi connectivity index (χ0v) is 46.1. The van der Waals surface area contributed by atoms with Gasteiger partial charge in [-0.25, -0.2) is 0 Å². The summed E-state index contributed by atoms with van der Waals surface area (Å²) < 4.78 is 0. The number of aryl methyl sites for hydroxylation is 1. The van der Waals surface area contributed by atoms with E-state index < -0.39 is 0 Å². The number of benzene rings is 8. The third kappa shape index (κ3) is 14.2. The van der Waals surface area contributed by atoms with E-state index in [0.29, 0.717) is 5.92 Å². The topological polar surface area (TPSA) is 9.72 Å². The molecule has 0 aromatic heterocycles. The Kier molecular flexibility index (Phi) is 19.7. The van der Waals surface area contributed by atoms with Gasteiger partial charge in [0, 0.05) is 51.2 Å². The maximum Gasteiger partial charge on any atom is 0.0467 e. The van der Waals surface area contributed by atoms with E-state index in [1.807, 2.05) is 45.9 Å². The molecule has 0 spiro atoms. The average molecular weight is 1010 g/mol. The molecule has 0 N–H and O–H groups in total. The highest BCUT2D eigenvalue weighted by molar-refractivity contribution is 5.86. The quantitative estimate of drug-likeness (QED) is 0.0948. The van der Waals surface area contributed by atoms with Gasteiger partial charge in [-0.3, -0.25) is 0 Å². The first kappa shape index (κ1) is 54.6. The molecule has 0 aliphatic heterocycles. The Bertz CT molecular complexity index is 3390. The van der Waals surface area contributed by atoms with Crippen molar-refractivity contribution in [3.63, 3.8) is 0 Å². The highest BCUT2D eigenvalue weighted by Crippen LogP contribution is 2.41. The molecule has 3 heteroatoms. The van der Waals surface area contributed by atoms with Crippen LogP contribution in [0.15, 0.2) is 278 Å². The number of para-hydroxylation sites is 2. The summed E-state index contributed by atoms with van der Waals surface area (Å²) in [6, 6.07) is 70.6. The Labute approximate surface area is 460 Å². The minimum Gasteiger partial charge on any atom is -0.315 e. The summed E-state index contributed by atoms with van der Waals surface area (Å²) in [5.41, 5.74) is 17.8. The van der Waals surface area contributed by atoms with E-state index in [1.54, 1.807) is 6.08 Å². The van der Waals surface area contributed by atoms with E-state index in [4.69, 9.17) is 0 Å². The van der Waals surface area contributed by atoms with Crippen molar-refractivity contribution in [1.82, 2.24) is 0 Å². The molecular weight excluding hydrogens is 931 g/mol. The SMILES string of the molecule is C/C=C/C=C(\C=C/c1ccc2ccccc2c1)N(C1=CCC(C)CC1)c1ccc(-c2ccc(N(c3ccccc3)c3ccc(N(c4ccccc4)c4ccc5c(c4)C=CCC5)cc3)cc2)cc1.C=C/C=C(C)\C=C/C.CC. The van der Waals surface area contributed by atoms with Gasteiger partial charge < -0.3 is 14.7 Å². The Morgan fingerprint density at radius 2 is 1.10 bits per heavy atom. The first-order valence-electron chi connectivity index (χ1n) is 27.6. The van der Waals surface area contributed by atoms with Crippen molar-refractivity contribution < 1.29 is 0 Å². The van der Waals surface area contributed by atoms with Crippen LogP contribution in [0.5, 0.6) is 0 Å². The van der Waals surface area contributed by atoms with Crippen LogP contribution >= 0.6 is 0 Å². The lowest BCUT2D eigenvalue weighted by atomic mass is 9.93. The number of anilines is 7. The monoisotopic (exact) mass is 1010 g/mol. The highest BCUT2D eigenvalue weighted by Gasteiger charge is 2.21. The Morgan fingerprint density at radius 3 is 1.69 bits per heavy atom. The molecule has 0 bridgehead atoms. The summed E-state index contributed by atoms with van der Waals surface area (Å²) in [4.78, 5) is 7.16. The van der Waals surface area contributed by atoms with Gasteiger partial charge in [-0.05, 0) is 201 Å². The summed E-state index contributed by atoms with van der Waals surface area (Å²) in [6.07, 6.45) is 31.3. The molecule has 0 saturated heterocycles. The summed E-state index contributed by atoms with van der Waals surface area (Å²) in [5.74, 6) is 0.692. The lowest BCUT2D eigenvalue weighted by molar-refractivity contribution is 0.509. The van der Waals surface area contributed by atoms with Crippen molar-refractivity contribution in [3.05, 3.63) is 295 Å². The molecule has 0 saturated carbocycles. The largest absolute Gasteiger partial charge is 0.315 e. The van der Waals surface area contributed by atoms with Crippen LogP contribution in [0.3, 0.4) is 0 Å². The Morgan fingerprint density at radius 1 is 0.545 bits per heavy atom. The van der Waals surface area contributed by atoms with Crippen molar-refractivity contribution in [2.24, 2.45) is 5.92 Å². The van der Waals surface area contributed by atoms with Gasteiger partial charge in [0.1, 0.15) is 0 Å². The third-order valence-electron chi connectivity index (χ3n) is 13.9. The van der Waals surface area contributed by atoms with Gasteiger partial charge in [0.05, 0.1) is 0 Å². The van der Waals surface area contributed by atoms with Crippen molar-refractivity contribution >= 4 is 62.7 Å². The number of rotatable bonds is 15. The second-order valence-corrected chi connectivity index (χ2v) is 19.4. The van der Waals surface area contributed by atoms with Crippen LogP contribution in [0.2, 0.25) is 0 Å². The molecule has 0 heterocycles. The smallest absolute Gasteiger partial charge is 0.0467 e. The number of fused-ring (bicyclic) bond motifs is 2. The van der Waals surface area contributed by atoms with Gasteiger partial charge in [0.2, 0.25) is 0 Å². The van der Waals surface area contributed by atoms with Crippen LogP contribution in [-0.2, 0) is 6.42 Å².